The molecule has 0 radical (unpaired) electrons. The average Bonchev–Trinajstić information content (AvgIpc) is 2.95. The minimum atomic E-state index is -1.24. The first-order chi connectivity index (χ1) is 22.2. The molecule has 0 unspecified atom stereocenters. The van der Waals surface area contributed by atoms with Gasteiger partial charge in [0.15, 0.2) is 5.75 Å². The molecule has 48 heavy (non-hydrogen) atoms. The standard InChI is InChI=1S/C32H45N7O9/c1-10-23(40)46-24-20(33-28(44)47-30(2,3)4)12-11-13-21(24)39-15-14-22(35-27(39)43)34-26(42)38-18-16-37(17-19-38)25(41)32(8,9)36-29(45)48-31(5,6)7/h11-15H,10,16-19H2,1-9H3,(H,33,44)(H,36,45)(H,34,35,42,43). The number of para-hydroxylation sites is 1. The minimum absolute atomic E-state index is 0.0292. The topological polar surface area (TPSA) is 190 Å². The molecule has 1 aliphatic heterocycles. The Hall–Kier alpha value is -5.15. The van der Waals surface area contributed by atoms with E-state index < -0.39 is 46.6 Å². The zero-order valence-electron chi connectivity index (χ0n) is 28.9. The van der Waals surface area contributed by atoms with Gasteiger partial charge in [-0.3, -0.25) is 24.8 Å². The van der Waals surface area contributed by atoms with Crippen molar-refractivity contribution in [1.29, 1.82) is 0 Å². The van der Waals surface area contributed by atoms with Crippen LogP contribution in [0.25, 0.3) is 5.69 Å². The Morgan fingerprint density at radius 1 is 0.812 bits per heavy atom. The molecule has 16 heteroatoms. The van der Waals surface area contributed by atoms with Crippen LogP contribution >= 0.6 is 0 Å². The number of nitrogens with one attached hydrogen (secondary N) is 3. The quantitative estimate of drug-likeness (QED) is 0.288. The molecule has 0 saturated carbocycles. The van der Waals surface area contributed by atoms with Crippen molar-refractivity contribution in [3.63, 3.8) is 0 Å². The highest BCUT2D eigenvalue weighted by molar-refractivity contribution is 5.91. The molecule has 16 nitrogen and oxygen atoms in total. The summed E-state index contributed by atoms with van der Waals surface area (Å²) in [5.41, 5.74) is -3.33. The fourth-order valence-electron chi connectivity index (χ4n) is 4.48. The van der Waals surface area contributed by atoms with E-state index in [2.05, 4.69) is 20.9 Å². The Balaban J connectivity index is 1.70. The number of carbonyl (C=O) groups excluding carboxylic acids is 5. The van der Waals surface area contributed by atoms with Crippen LogP contribution < -0.4 is 26.4 Å². The van der Waals surface area contributed by atoms with E-state index in [1.165, 1.54) is 29.3 Å². The number of carbonyl (C=O) groups is 5. The SMILES string of the molecule is CCC(=O)Oc1c(NC(=O)OC(C)(C)C)cccc1-n1ccc(NC(=O)N2CCN(C(=O)C(C)(C)NC(=O)OC(C)(C)C)CC2)nc1=O. The molecule has 2 aromatic rings. The number of amides is 5. The fraction of sp³-hybridized carbons (Fsp3) is 0.531. The van der Waals surface area contributed by atoms with Crippen molar-refractivity contribution in [2.24, 2.45) is 0 Å². The van der Waals surface area contributed by atoms with E-state index >= 15 is 0 Å². The summed E-state index contributed by atoms with van der Waals surface area (Å²) >= 11 is 0. The summed E-state index contributed by atoms with van der Waals surface area (Å²) in [6.07, 6.45) is -0.126. The second kappa shape index (κ2) is 14.7. The van der Waals surface area contributed by atoms with Gasteiger partial charge in [-0.15, -0.1) is 0 Å². The summed E-state index contributed by atoms with van der Waals surface area (Å²) in [5.74, 6) is -1.05. The number of esters is 1. The van der Waals surface area contributed by atoms with Gasteiger partial charge in [0.25, 0.3) is 0 Å². The van der Waals surface area contributed by atoms with Crippen LogP contribution in [0.4, 0.5) is 25.9 Å². The Kier molecular flexibility index (Phi) is 11.5. The summed E-state index contributed by atoms with van der Waals surface area (Å²) in [5, 5.41) is 7.74. The molecule has 0 atom stereocenters. The molecule has 0 spiro atoms. The van der Waals surface area contributed by atoms with Gasteiger partial charge in [0.1, 0.15) is 22.6 Å². The number of alkyl carbamates (subject to hydrolysis) is 1. The molecule has 1 fully saturated rings. The second-order valence-corrected chi connectivity index (χ2v) is 13.5. The van der Waals surface area contributed by atoms with E-state index in [9.17, 15) is 28.8 Å². The molecule has 5 amide bonds. The third-order valence-electron chi connectivity index (χ3n) is 6.63. The van der Waals surface area contributed by atoms with Gasteiger partial charge in [-0.2, -0.15) is 4.98 Å². The molecule has 2 heterocycles. The Labute approximate surface area is 279 Å². The van der Waals surface area contributed by atoms with Gasteiger partial charge in [0, 0.05) is 38.8 Å². The van der Waals surface area contributed by atoms with E-state index in [1.54, 1.807) is 73.3 Å². The van der Waals surface area contributed by atoms with Crippen LogP contribution in [0, 0.1) is 0 Å². The van der Waals surface area contributed by atoms with E-state index in [0.717, 1.165) is 4.57 Å². The zero-order valence-corrected chi connectivity index (χ0v) is 28.9. The lowest BCUT2D eigenvalue weighted by atomic mass is 10.0. The second-order valence-electron chi connectivity index (χ2n) is 13.5. The highest BCUT2D eigenvalue weighted by Gasteiger charge is 2.37. The van der Waals surface area contributed by atoms with Crippen LogP contribution in [-0.4, -0.2) is 92.4 Å². The van der Waals surface area contributed by atoms with Gasteiger partial charge in [-0.1, -0.05) is 13.0 Å². The van der Waals surface area contributed by atoms with Crippen LogP contribution in [0.2, 0.25) is 0 Å². The molecule has 1 aliphatic rings. The van der Waals surface area contributed by atoms with Crippen molar-refractivity contribution in [1.82, 2.24) is 24.7 Å². The van der Waals surface area contributed by atoms with E-state index in [-0.39, 0.29) is 61.4 Å². The van der Waals surface area contributed by atoms with Crippen molar-refractivity contribution in [3.05, 3.63) is 40.9 Å². The van der Waals surface area contributed by atoms with Gasteiger partial charge in [0.05, 0.1) is 11.4 Å². The first kappa shape index (κ1) is 37.3. The van der Waals surface area contributed by atoms with Crippen molar-refractivity contribution < 1.29 is 38.2 Å². The van der Waals surface area contributed by atoms with E-state index in [4.69, 9.17) is 14.2 Å². The summed E-state index contributed by atoms with van der Waals surface area (Å²) in [7, 11) is 0. The third kappa shape index (κ3) is 10.4. The Bertz CT molecular complexity index is 1600. The van der Waals surface area contributed by atoms with Crippen LogP contribution in [0.1, 0.15) is 68.7 Å². The predicted octanol–water partition coefficient (Wildman–Crippen LogP) is 3.87. The van der Waals surface area contributed by atoms with Crippen molar-refractivity contribution in [3.8, 4) is 11.4 Å². The number of nitrogens with zero attached hydrogens (tertiary/aromatic N) is 4. The maximum Gasteiger partial charge on any atom is 0.412 e. The molecule has 262 valence electrons. The number of ether oxygens (including phenoxy) is 3. The van der Waals surface area contributed by atoms with Gasteiger partial charge in [-0.25, -0.2) is 19.2 Å². The predicted molar refractivity (Wildman–Crippen MR) is 176 cm³/mol. The first-order valence-corrected chi connectivity index (χ1v) is 15.5. The highest BCUT2D eigenvalue weighted by atomic mass is 16.6. The number of hydrogen-bond donors (Lipinski definition) is 3. The maximum absolute atomic E-state index is 13.1. The molecule has 1 aromatic heterocycles. The number of urea groups is 1. The average molecular weight is 672 g/mol. The van der Waals surface area contributed by atoms with Gasteiger partial charge >= 0.3 is 29.9 Å². The first-order valence-electron chi connectivity index (χ1n) is 15.5. The lowest BCUT2D eigenvalue weighted by Crippen LogP contribution is -2.60. The monoisotopic (exact) mass is 671 g/mol. The Morgan fingerprint density at radius 2 is 1.40 bits per heavy atom. The van der Waals surface area contributed by atoms with E-state index in [0.29, 0.717) is 0 Å². The molecule has 0 bridgehead atoms. The highest BCUT2D eigenvalue weighted by Crippen LogP contribution is 2.32. The van der Waals surface area contributed by atoms with Crippen molar-refractivity contribution >= 4 is 41.6 Å². The molecule has 0 aliphatic carbocycles. The Morgan fingerprint density at radius 3 is 1.96 bits per heavy atom. The van der Waals surface area contributed by atoms with Crippen LogP contribution in [-0.2, 0) is 19.1 Å². The molecular formula is C32H45N7O9. The number of piperazine rings is 1. The zero-order chi connectivity index (χ0) is 36.0. The number of anilines is 2. The molecule has 1 saturated heterocycles. The summed E-state index contributed by atoms with van der Waals surface area (Å²) in [6, 6.07) is 5.41. The smallest absolute Gasteiger partial charge is 0.412 e. The van der Waals surface area contributed by atoms with E-state index in [1.807, 2.05) is 0 Å². The summed E-state index contributed by atoms with van der Waals surface area (Å²) in [6.45, 7) is 15.8. The van der Waals surface area contributed by atoms with Crippen LogP contribution in [0.5, 0.6) is 5.75 Å². The van der Waals surface area contributed by atoms with Gasteiger partial charge in [0.2, 0.25) is 5.91 Å². The van der Waals surface area contributed by atoms with Crippen molar-refractivity contribution in [2.45, 2.75) is 85.5 Å². The molecular weight excluding hydrogens is 626 g/mol. The van der Waals surface area contributed by atoms with Crippen LogP contribution in [0.3, 0.4) is 0 Å². The normalized spacial score (nSPS) is 13.7. The van der Waals surface area contributed by atoms with Crippen LogP contribution in [0.15, 0.2) is 35.3 Å². The number of rotatable bonds is 7. The van der Waals surface area contributed by atoms with Gasteiger partial charge in [-0.05, 0) is 73.6 Å². The molecule has 3 rings (SSSR count). The number of hydrogen-bond acceptors (Lipinski definition) is 10. The summed E-state index contributed by atoms with van der Waals surface area (Å²) in [4.78, 5) is 83.3. The van der Waals surface area contributed by atoms with Gasteiger partial charge < -0.3 is 29.3 Å². The lowest BCUT2D eigenvalue weighted by molar-refractivity contribution is -0.138. The van der Waals surface area contributed by atoms with Crippen molar-refractivity contribution in [2.75, 3.05) is 36.8 Å². The molecule has 3 N–H and O–H groups in total. The molecule has 1 aromatic carbocycles. The summed E-state index contributed by atoms with van der Waals surface area (Å²) < 4.78 is 17.2. The fourth-order valence-corrected chi connectivity index (χ4v) is 4.48. The lowest BCUT2D eigenvalue weighted by Gasteiger charge is -2.38. The number of benzene rings is 1. The maximum atomic E-state index is 13.1. The third-order valence-corrected chi connectivity index (χ3v) is 6.63. The number of aromatic nitrogens is 2. The minimum Gasteiger partial charge on any atom is -0.444 e. The largest absolute Gasteiger partial charge is 0.444 e.